The number of alkyl halides is 3. The highest BCUT2D eigenvalue weighted by Crippen LogP contribution is 2.34. The first-order valence-corrected chi connectivity index (χ1v) is 11.9. The van der Waals surface area contributed by atoms with Crippen LogP contribution in [0.15, 0.2) is 30.5 Å². The summed E-state index contributed by atoms with van der Waals surface area (Å²) in [6, 6.07) is 5.78. The molecule has 1 aliphatic carbocycles. The van der Waals surface area contributed by atoms with E-state index in [0.717, 1.165) is 50.9 Å². The lowest BCUT2D eigenvalue weighted by Crippen LogP contribution is -2.63. The number of halogens is 3. The molecule has 5 rings (SSSR count). The number of likely N-dealkylation sites (tertiary alicyclic amines) is 1. The number of benzene rings is 1. The standard InChI is InChI=1S/C24H28F3N5O3/c25-24(26,27)16-4-1-14-7-8-28-22(19(14)9-16)29-10-21(33)30-17-11-32(12-17)18-5-2-15(3-6-18)20-13-35-23(34)31-20/h1,4,7-9,15,17-18,20H,2-3,5-6,10-13H2,(H,28,29)(H,30,33)(H,31,34)/t15-,18+,20?. The van der Waals surface area contributed by atoms with Crippen LogP contribution in [-0.2, 0) is 15.7 Å². The molecule has 1 atom stereocenters. The average molecular weight is 492 g/mol. The molecule has 1 aromatic heterocycles. The highest BCUT2D eigenvalue weighted by atomic mass is 19.4. The fourth-order valence-corrected chi connectivity index (χ4v) is 5.35. The lowest BCUT2D eigenvalue weighted by molar-refractivity contribution is -0.137. The fraction of sp³-hybridized carbons (Fsp3) is 0.542. The number of pyridine rings is 1. The van der Waals surface area contributed by atoms with Crippen molar-refractivity contribution in [2.75, 3.05) is 31.6 Å². The minimum absolute atomic E-state index is 0.0573. The number of nitrogens with one attached hydrogen (secondary N) is 3. The molecule has 3 N–H and O–H groups in total. The number of anilines is 1. The lowest BCUT2D eigenvalue weighted by atomic mass is 9.80. The van der Waals surface area contributed by atoms with Crippen molar-refractivity contribution in [3.63, 3.8) is 0 Å². The summed E-state index contributed by atoms with van der Waals surface area (Å²) in [5, 5.41) is 9.69. The lowest BCUT2D eigenvalue weighted by Gasteiger charge is -2.47. The number of amides is 2. The van der Waals surface area contributed by atoms with E-state index in [1.54, 1.807) is 6.07 Å². The molecule has 0 spiro atoms. The van der Waals surface area contributed by atoms with E-state index in [4.69, 9.17) is 4.74 Å². The van der Waals surface area contributed by atoms with Gasteiger partial charge in [-0.15, -0.1) is 0 Å². The van der Waals surface area contributed by atoms with E-state index in [2.05, 4.69) is 25.8 Å². The highest BCUT2D eigenvalue weighted by molar-refractivity contribution is 5.93. The molecule has 2 aromatic rings. The number of cyclic esters (lactones) is 1. The van der Waals surface area contributed by atoms with E-state index in [-0.39, 0.29) is 36.4 Å². The molecule has 2 aliphatic heterocycles. The second-order valence-corrected chi connectivity index (χ2v) is 9.58. The molecule has 2 saturated heterocycles. The summed E-state index contributed by atoms with van der Waals surface area (Å²) < 4.78 is 44.3. The Hall–Kier alpha value is -3.08. The van der Waals surface area contributed by atoms with Gasteiger partial charge in [-0.05, 0) is 55.2 Å². The number of aromatic nitrogens is 1. The Morgan fingerprint density at radius 2 is 1.94 bits per heavy atom. The number of carbonyl (C=O) groups is 2. The van der Waals surface area contributed by atoms with Crippen LogP contribution in [0.2, 0.25) is 0 Å². The van der Waals surface area contributed by atoms with E-state index in [0.29, 0.717) is 29.3 Å². The van der Waals surface area contributed by atoms with Crippen molar-refractivity contribution in [2.45, 2.75) is 50.0 Å². The molecule has 35 heavy (non-hydrogen) atoms. The van der Waals surface area contributed by atoms with Crippen molar-refractivity contribution in [3.8, 4) is 0 Å². The molecule has 188 valence electrons. The van der Waals surface area contributed by atoms with Crippen LogP contribution in [0.4, 0.5) is 23.8 Å². The van der Waals surface area contributed by atoms with Gasteiger partial charge in [0.15, 0.2) is 0 Å². The summed E-state index contributed by atoms with van der Waals surface area (Å²) in [5.41, 5.74) is -0.754. The van der Waals surface area contributed by atoms with Crippen LogP contribution in [0.1, 0.15) is 31.2 Å². The van der Waals surface area contributed by atoms with Gasteiger partial charge in [-0.1, -0.05) is 6.07 Å². The molecule has 0 radical (unpaired) electrons. The zero-order chi connectivity index (χ0) is 24.6. The van der Waals surface area contributed by atoms with Gasteiger partial charge in [0.05, 0.1) is 24.2 Å². The number of hydrogen-bond donors (Lipinski definition) is 3. The number of ether oxygens (including phenoxy) is 1. The number of hydrogen-bond acceptors (Lipinski definition) is 6. The Morgan fingerprint density at radius 1 is 1.17 bits per heavy atom. The zero-order valence-corrected chi connectivity index (χ0v) is 19.1. The Morgan fingerprint density at radius 3 is 2.63 bits per heavy atom. The van der Waals surface area contributed by atoms with Crippen molar-refractivity contribution in [1.29, 1.82) is 0 Å². The molecule has 1 unspecified atom stereocenters. The first kappa shape index (κ1) is 23.7. The fourth-order valence-electron chi connectivity index (χ4n) is 5.35. The van der Waals surface area contributed by atoms with Gasteiger partial charge in [0.25, 0.3) is 0 Å². The minimum atomic E-state index is -4.45. The molecule has 1 saturated carbocycles. The summed E-state index contributed by atoms with van der Waals surface area (Å²) in [4.78, 5) is 30.2. The van der Waals surface area contributed by atoms with Crippen LogP contribution in [-0.4, -0.2) is 66.3 Å². The van der Waals surface area contributed by atoms with Gasteiger partial charge in [0.1, 0.15) is 12.4 Å². The van der Waals surface area contributed by atoms with Gasteiger partial charge in [0.2, 0.25) is 5.91 Å². The number of rotatable bonds is 6. The normalized spacial score (nSPS) is 25.6. The van der Waals surface area contributed by atoms with Crippen molar-refractivity contribution in [1.82, 2.24) is 20.5 Å². The highest BCUT2D eigenvalue weighted by Gasteiger charge is 2.38. The maximum atomic E-state index is 13.1. The first-order valence-electron chi connectivity index (χ1n) is 11.9. The molecule has 8 nitrogen and oxygen atoms in total. The van der Waals surface area contributed by atoms with Crippen molar-refractivity contribution < 1.29 is 27.5 Å². The third-order valence-corrected chi connectivity index (χ3v) is 7.31. The Kier molecular flexibility index (Phi) is 6.43. The zero-order valence-electron chi connectivity index (χ0n) is 19.1. The van der Waals surface area contributed by atoms with Crippen LogP contribution < -0.4 is 16.0 Å². The minimum Gasteiger partial charge on any atom is -0.447 e. The Bertz CT molecular complexity index is 1100. The SMILES string of the molecule is O=C(CNc1nccc2ccc(C(F)(F)F)cc12)NC1CN([C@H]2CC[C@@H](C3COC(=O)N3)CC2)C1. The van der Waals surface area contributed by atoms with Gasteiger partial charge >= 0.3 is 12.3 Å². The number of nitrogens with zero attached hydrogens (tertiary/aromatic N) is 2. The van der Waals surface area contributed by atoms with E-state index in [1.807, 2.05) is 0 Å². The molecule has 3 heterocycles. The number of carbonyl (C=O) groups excluding carboxylic acids is 2. The van der Waals surface area contributed by atoms with Crippen LogP contribution >= 0.6 is 0 Å². The third-order valence-electron chi connectivity index (χ3n) is 7.31. The molecular formula is C24H28F3N5O3. The number of alkyl carbamates (subject to hydrolysis) is 1. The van der Waals surface area contributed by atoms with Crippen LogP contribution in [0, 0.1) is 5.92 Å². The molecular weight excluding hydrogens is 463 g/mol. The summed E-state index contributed by atoms with van der Waals surface area (Å²) >= 11 is 0. The van der Waals surface area contributed by atoms with Gasteiger partial charge in [-0.2, -0.15) is 13.2 Å². The second kappa shape index (κ2) is 9.52. The molecule has 1 aromatic carbocycles. The molecule has 0 bridgehead atoms. The van der Waals surface area contributed by atoms with Crippen LogP contribution in [0.5, 0.6) is 0 Å². The van der Waals surface area contributed by atoms with Crippen molar-refractivity contribution in [3.05, 3.63) is 36.0 Å². The quantitative estimate of drug-likeness (QED) is 0.575. The van der Waals surface area contributed by atoms with Crippen LogP contribution in [0.25, 0.3) is 10.8 Å². The predicted octanol–water partition coefficient (Wildman–Crippen LogP) is 3.13. The molecule has 3 aliphatic rings. The maximum absolute atomic E-state index is 13.1. The second-order valence-electron chi connectivity index (χ2n) is 9.58. The summed E-state index contributed by atoms with van der Waals surface area (Å²) in [7, 11) is 0. The van der Waals surface area contributed by atoms with Gasteiger partial charge in [-0.25, -0.2) is 9.78 Å². The summed E-state index contributed by atoms with van der Waals surface area (Å²) in [6.45, 7) is 1.95. The first-order chi connectivity index (χ1) is 16.8. The molecule has 2 amide bonds. The van der Waals surface area contributed by atoms with E-state index < -0.39 is 11.7 Å². The molecule has 3 fully saturated rings. The summed E-state index contributed by atoms with van der Waals surface area (Å²) in [6.07, 6.45) is 0.944. The molecule has 11 heteroatoms. The average Bonchev–Trinajstić information content (AvgIpc) is 3.25. The van der Waals surface area contributed by atoms with Crippen molar-refractivity contribution >= 4 is 28.6 Å². The maximum Gasteiger partial charge on any atom is 0.416 e. The van der Waals surface area contributed by atoms with E-state index >= 15 is 0 Å². The third kappa shape index (κ3) is 5.29. The Balaban J connectivity index is 1.07. The topological polar surface area (TPSA) is 95.6 Å². The van der Waals surface area contributed by atoms with Crippen molar-refractivity contribution in [2.24, 2.45) is 5.92 Å². The predicted molar refractivity (Wildman–Crippen MR) is 123 cm³/mol. The van der Waals surface area contributed by atoms with E-state index in [9.17, 15) is 22.8 Å². The van der Waals surface area contributed by atoms with Gasteiger partial charge in [-0.3, -0.25) is 9.69 Å². The monoisotopic (exact) mass is 491 g/mol. The van der Waals surface area contributed by atoms with Crippen LogP contribution in [0.3, 0.4) is 0 Å². The van der Waals surface area contributed by atoms with Gasteiger partial charge in [0, 0.05) is 30.7 Å². The summed E-state index contributed by atoms with van der Waals surface area (Å²) in [5.74, 6) is 0.483. The smallest absolute Gasteiger partial charge is 0.416 e. The number of fused-ring (bicyclic) bond motifs is 1. The largest absolute Gasteiger partial charge is 0.447 e. The Labute approximate surface area is 200 Å². The van der Waals surface area contributed by atoms with E-state index in [1.165, 1.54) is 12.3 Å². The van der Waals surface area contributed by atoms with Gasteiger partial charge < -0.3 is 20.7 Å².